The summed E-state index contributed by atoms with van der Waals surface area (Å²) in [6.45, 7) is 0.276. The number of carboxylic acid groups (broad SMARTS) is 1. The average molecular weight is 423 g/mol. The number of hydrogen-bond acceptors (Lipinski definition) is 6. The Morgan fingerprint density at radius 2 is 2.22 bits per heavy atom. The second-order valence-electron chi connectivity index (χ2n) is 5.76. The van der Waals surface area contributed by atoms with E-state index in [0.717, 1.165) is 5.39 Å². The zero-order chi connectivity index (χ0) is 19.6. The number of amides is 1. The van der Waals surface area contributed by atoms with Gasteiger partial charge in [0.05, 0.1) is 17.5 Å². The molecule has 27 heavy (non-hydrogen) atoms. The second kappa shape index (κ2) is 8.24. The predicted octanol–water partition coefficient (Wildman–Crippen LogP) is 3.96. The van der Waals surface area contributed by atoms with Crippen LogP contribution in [0.2, 0.25) is 5.15 Å². The monoisotopic (exact) mass is 422 g/mol. The first-order chi connectivity index (χ1) is 12.9. The third-order valence-electron chi connectivity index (χ3n) is 3.94. The highest BCUT2D eigenvalue weighted by molar-refractivity contribution is 8.26. The Labute approximate surface area is 170 Å². The first-order valence-electron chi connectivity index (χ1n) is 8.00. The summed E-state index contributed by atoms with van der Waals surface area (Å²) in [5.41, 5.74) is 1.30. The topological polar surface area (TPSA) is 79.7 Å². The number of methoxy groups -OCH3 is 1. The summed E-state index contributed by atoms with van der Waals surface area (Å²) < 4.78 is 5.59. The van der Waals surface area contributed by atoms with Crippen molar-refractivity contribution in [1.29, 1.82) is 0 Å². The van der Waals surface area contributed by atoms with Crippen LogP contribution in [0.5, 0.6) is 5.75 Å². The molecule has 0 saturated carbocycles. The van der Waals surface area contributed by atoms with Gasteiger partial charge in [0.2, 0.25) is 0 Å². The molecule has 0 spiro atoms. The minimum atomic E-state index is -0.901. The summed E-state index contributed by atoms with van der Waals surface area (Å²) in [4.78, 5) is 29.4. The molecule has 0 aliphatic carbocycles. The van der Waals surface area contributed by atoms with Crippen LogP contribution in [-0.2, 0) is 9.59 Å². The molecule has 1 aliphatic rings. The van der Waals surface area contributed by atoms with Gasteiger partial charge in [-0.05, 0) is 30.7 Å². The SMILES string of the molecule is COc1ccc2cc(/C=C3\SC(=S)N(CCCC(=O)O)C3=O)c(Cl)nc2c1. The number of rotatable bonds is 6. The first-order valence-corrected chi connectivity index (χ1v) is 9.61. The van der Waals surface area contributed by atoms with Crippen molar-refractivity contribution in [2.45, 2.75) is 12.8 Å². The van der Waals surface area contributed by atoms with Crippen LogP contribution in [0.4, 0.5) is 0 Å². The fourth-order valence-corrected chi connectivity index (χ4v) is 4.09. The molecule has 1 saturated heterocycles. The van der Waals surface area contributed by atoms with E-state index in [1.54, 1.807) is 19.3 Å². The smallest absolute Gasteiger partial charge is 0.303 e. The third-order valence-corrected chi connectivity index (χ3v) is 5.62. The van der Waals surface area contributed by atoms with Crippen molar-refractivity contribution >= 4 is 68.8 Å². The molecule has 1 N–H and O–H groups in total. The standard InChI is InChI=1S/C18H15ClN2O4S2/c1-25-12-5-4-10-7-11(16(19)20-13(10)9-12)8-14-17(24)21(18(26)27-14)6-2-3-15(22)23/h4-5,7-9H,2-3,6H2,1H3,(H,22,23)/b14-8-. The molecule has 9 heteroatoms. The minimum absolute atomic E-state index is 0.0139. The predicted molar refractivity (Wildman–Crippen MR) is 110 cm³/mol. The van der Waals surface area contributed by atoms with E-state index in [4.69, 9.17) is 33.7 Å². The van der Waals surface area contributed by atoms with Gasteiger partial charge in [-0.1, -0.05) is 35.6 Å². The molecule has 140 valence electrons. The van der Waals surface area contributed by atoms with Gasteiger partial charge in [0.25, 0.3) is 5.91 Å². The Morgan fingerprint density at radius 3 is 2.93 bits per heavy atom. The number of halogens is 1. The summed E-state index contributed by atoms with van der Waals surface area (Å²) >= 11 is 12.7. The molecule has 2 aromatic rings. The number of carbonyl (C=O) groups is 2. The van der Waals surface area contributed by atoms with E-state index in [2.05, 4.69) is 4.98 Å². The molecule has 0 radical (unpaired) electrons. The molecule has 3 rings (SSSR count). The van der Waals surface area contributed by atoms with Crippen molar-refractivity contribution in [3.8, 4) is 5.75 Å². The maximum atomic E-state index is 12.6. The third kappa shape index (κ3) is 4.40. The summed E-state index contributed by atoms with van der Waals surface area (Å²) in [5.74, 6) is -0.469. The molecule has 0 atom stereocenters. The van der Waals surface area contributed by atoms with E-state index in [-0.39, 0.29) is 24.0 Å². The van der Waals surface area contributed by atoms with E-state index in [9.17, 15) is 9.59 Å². The summed E-state index contributed by atoms with van der Waals surface area (Å²) in [7, 11) is 1.58. The van der Waals surface area contributed by atoms with Crippen LogP contribution in [0.1, 0.15) is 18.4 Å². The lowest BCUT2D eigenvalue weighted by Crippen LogP contribution is -2.29. The number of hydrogen-bond donors (Lipinski definition) is 1. The van der Waals surface area contributed by atoms with Crippen LogP contribution in [0.15, 0.2) is 29.2 Å². The molecule has 1 aromatic carbocycles. The Balaban J connectivity index is 1.85. The van der Waals surface area contributed by atoms with Crippen LogP contribution in [-0.4, -0.2) is 44.8 Å². The summed E-state index contributed by atoms with van der Waals surface area (Å²) in [6, 6.07) is 7.32. The van der Waals surface area contributed by atoms with Crippen LogP contribution in [0, 0.1) is 0 Å². The normalized spacial score (nSPS) is 15.8. The Morgan fingerprint density at radius 1 is 1.44 bits per heavy atom. The van der Waals surface area contributed by atoms with Gasteiger partial charge in [0, 0.05) is 30.0 Å². The number of nitrogens with zero attached hydrogens (tertiary/aromatic N) is 2. The number of thioether (sulfide) groups is 1. The van der Waals surface area contributed by atoms with Crippen LogP contribution < -0.4 is 4.74 Å². The quantitative estimate of drug-likeness (QED) is 0.428. The summed E-state index contributed by atoms with van der Waals surface area (Å²) in [6.07, 6.45) is 1.99. The molecule has 0 unspecified atom stereocenters. The number of benzene rings is 1. The fourth-order valence-electron chi connectivity index (χ4n) is 2.59. The lowest BCUT2D eigenvalue weighted by Gasteiger charge is -2.13. The number of aromatic nitrogens is 1. The fraction of sp³-hybridized carbons (Fsp3) is 0.222. The van der Waals surface area contributed by atoms with E-state index < -0.39 is 5.97 Å². The van der Waals surface area contributed by atoms with Gasteiger partial charge in [-0.2, -0.15) is 0 Å². The summed E-state index contributed by atoms with van der Waals surface area (Å²) in [5, 5.41) is 9.87. The van der Waals surface area contributed by atoms with E-state index in [1.165, 1.54) is 16.7 Å². The van der Waals surface area contributed by atoms with E-state index in [1.807, 2.05) is 18.2 Å². The molecule has 1 amide bonds. The lowest BCUT2D eigenvalue weighted by molar-refractivity contribution is -0.137. The maximum Gasteiger partial charge on any atom is 0.303 e. The van der Waals surface area contributed by atoms with Crippen molar-refractivity contribution in [1.82, 2.24) is 9.88 Å². The maximum absolute atomic E-state index is 12.6. The highest BCUT2D eigenvalue weighted by Gasteiger charge is 2.31. The molecule has 1 fully saturated rings. The van der Waals surface area contributed by atoms with Crippen LogP contribution >= 0.6 is 35.6 Å². The average Bonchev–Trinajstić information content (AvgIpc) is 2.89. The van der Waals surface area contributed by atoms with E-state index in [0.29, 0.717) is 32.5 Å². The Kier molecular flexibility index (Phi) is 5.98. The largest absolute Gasteiger partial charge is 0.497 e. The molecule has 2 heterocycles. The zero-order valence-corrected chi connectivity index (χ0v) is 16.7. The molecule has 0 bridgehead atoms. The number of pyridine rings is 1. The van der Waals surface area contributed by atoms with Gasteiger partial charge in [-0.3, -0.25) is 14.5 Å². The number of aliphatic carboxylic acids is 1. The van der Waals surface area contributed by atoms with Gasteiger partial charge in [0.1, 0.15) is 15.2 Å². The highest BCUT2D eigenvalue weighted by Crippen LogP contribution is 2.34. The number of thiocarbonyl (C=S) groups is 1. The molecular formula is C18H15ClN2O4S2. The van der Waals surface area contributed by atoms with Gasteiger partial charge in [-0.15, -0.1) is 0 Å². The molecular weight excluding hydrogens is 408 g/mol. The molecule has 1 aliphatic heterocycles. The van der Waals surface area contributed by atoms with Gasteiger partial charge in [0.15, 0.2) is 0 Å². The number of carboxylic acids is 1. The molecule has 6 nitrogen and oxygen atoms in total. The van der Waals surface area contributed by atoms with Gasteiger partial charge < -0.3 is 9.84 Å². The second-order valence-corrected chi connectivity index (χ2v) is 7.79. The van der Waals surface area contributed by atoms with Crippen molar-refractivity contribution in [3.63, 3.8) is 0 Å². The zero-order valence-electron chi connectivity index (χ0n) is 14.3. The van der Waals surface area contributed by atoms with Crippen molar-refractivity contribution in [2.24, 2.45) is 0 Å². The minimum Gasteiger partial charge on any atom is -0.497 e. The van der Waals surface area contributed by atoms with Crippen molar-refractivity contribution in [2.75, 3.05) is 13.7 Å². The van der Waals surface area contributed by atoms with Crippen molar-refractivity contribution in [3.05, 3.63) is 39.9 Å². The van der Waals surface area contributed by atoms with Crippen LogP contribution in [0.25, 0.3) is 17.0 Å². The number of carbonyl (C=O) groups excluding carboxylic acids is 1. The van der Waals surface area contributed by atoms with Crippen LogP contribution in [0.3, 0.4) is 0 Å². The van der Waals surface area contributed by atoms with Crippen molar-refractivity contribution < 1.29 is 19.4 Å². The first kappa shape index (κ1) is 19.6. The van der Waals surface area contributed by atoms with Gasteiger partial charge >= 0.3 is 5.97 Å². The van der Waals surface area contributed by atoms with E-state index >= 15 is 0 Å². The highest BCUT2D eigenvalue weighted by atomic mass is 35.5. The molecule has 1 aromatic heterocycles. The number of ether oxygens (including phenoxy) is 1. The number of fused-ring (bicyclic) bond motifs is 1. The Hall–Kier alpha value is -2.16. The Bertz CT molecular complexity index is 977. The lowest BCUT2D eigenvalue weighted by atomic mass is 10.1. The van der Waals surface area contributed by atoms with Gasteiger partial charge in [-0.25, -0.2) is 4.98 Å².